The molecule has 2 aromatic carbocycles. The SMILES string of the molecule is COC(=O)c1ccc(C)c(NC(=O)c2ccc(S(=O)(=O)NC3CC3)cc2)c1. The zero-order chi connectivity index (χ0) is 19.6. The first kappa shape index (κ1) is 19.1. The van der Waals surface area contributed by atoms with Crippen LogP contribution >= 0.6 is 0 Å². The fourth-order valence-corrected chi connectivity index (χ4v) is 3.78. The Hall–Kier alpha value is -2.71. The molecule has 0 radical (unpaired) electrons. The number of aryl methyl sites for hydroxylation is 1. The summed E-state index contributed by atoms with van der Waals surface area (Å²) in [5.41, 5.74) is 1.90. The summed E-state index contributed by atoms with van der Waals surface area (Å²) in [4.78, 5) is 24.2. The molecule has 3 rings (SSSR count). The molecule has 1 fully saturated rings. The third-order valence-corrected chi connectivity index (χ3v) is 5.77. The molecule has 0 spiro atoms. The molecule has 2 N–H and O–H groups in total. The summed E-state index contributed by atoms with van der Waals surface area (Å²) in [6, 6.07) is 10.6. The summed E-state index contributed by atoms with van der Waals surface area (Å²) >= 11 is 0. The van der Waals surface area contributed by atoms with E-state index in [0.29, 0.717) is 16.8 Å². The second kappa shape index (κ2) is 7.50. The van der Waals surface area contributed by atoms with Gasteiger partial charge in [-0.2, -0.15) is 0 Å². The summed E-state index contributed by atoms with van der Waals surface area (Å²) in [6.45, 7) is 1.80. The molecule has 0 saturated heterocycles. The minimum Gasteiger partial charge on any atom is -0.465 e. The van der Waals surface area contributed by atoms with Crippen molar-refractivity contribution < 1.29 is 22.7 Å². The number of hydrogen-bond acceptors (Lipinski definition) is 5. The van der Waals surface area contributed by atoms with Gasteiger partial charge in [0.05, 0.1) is 17.6 Å². The van der Waals surface area contributed by atoms with Crippen LogP contribution < -0.4 is 10.0 Å². The average Bonchev–Trinajstić information content (AvgIpc) is 3.46. The molecule has 7 nitrogen and oxygen atoms in total. The van der Waals surface area contributed by atoms with E-state index in [1.54, 1.807) is 19.1 Å². The minimum atomic E-state index is -3.56. The van der Waals surface area contributed by atoms with E-state index in [1.165, 1.54) is 37.4 Å². The zero-order valence-corrected chi connectivity index (χ0v) is 15.8. The van der Waals surface area contributed by atoms with Crippen molar-refractivity contribution in [2.24, 2.45) is 0 Å². The molecule has 8 heteroatoms. The lowest BCUT2D eigenvalue weighted by atomic mass is 10.1. The van der Waals surface area contributed by atoms with Crippen LogP contribution in [0.3, 0.4) is 0 Å². The smallest absolute Gasteiger partial charge is 0.337 e. The van der Waals surface area contributed by atoms with Gasteiger partial charge in [0.15, 0.2) is 0 Å². The molecule has 0 aromatic heterocycles. The van der Waals surface area contributed by atoms with Crippen molar-refractivity contribution in [1.82, 2.24) is 4.72 Å². The third-order valence-electron chi connectivity index (χ3n) is 4.23. The molecule has 1 aliphatic rings. The Morgan fingerprint density at radius 1 is 1.04 bits per heavy atom. The molecule has 27 heavy (non-hydrogen) atoms. The van der Waals surface area contributed by atoms with Crippen molar-refractivity contribution in [3.05, 3.63) is 59.2 Å². The maximum atomic E-state index is 12.5. The van der Waals surface area contributed by atoms with Crippen LogP contribution in [0, 0.1) is 6.92 Å². The van der Waals surface area contributed by atoms with Gasteiger partial charge in [-0.3, -0.25) is 4.79 Å². The standard InChI is InChI=1S/C19H20N2O5S/c1-12-3-4-14(19(23)26-2)11-17(12)20-18(22)13-5-9-16(10-6-13)27(24,25)21-15-7-8-15/h3-6,9-11,15,21H,7-8H2,1-2H3,(H,20,22). The first-order valence-electron chi connectivity index (χ1n) is 8.43. The van der Waals surface area contributed by atoms with Gasteiger partial charge in [-0.15, -0.1) is 0 Å². The Morgan fingerprint density at radius 2 is 1.67 bits per heavy atom. The zero-order valence-electron chi connectivity index (χ0n) is 15.0. The van der Waals surface area contributed by atoms with E-state index in [4.69, 9.17) is 0 Å². The van der Waals surface area contributed by atoms with Crippen molar-refractivity contribution in [3.8, 4) is 0 Å². The van der Waals surface area contributed by atoms with Gasteiger partial charge in [0, 0.05) is 17.3 Å². The van der Waals surface area contributed by atoms with Gasteiger partial charge in [0.2, 0.25) is 10.0 Å². The topological polar surface area (TPSA) is 102 Å². The highest BCUT2D eigenvalue weighted by Crippen LogP contribution is 2.23. The first-order chi connectivity index (χ1) is 12.8. The summed E-state index contributed by atoms with van der Waals surface area (Å²) in [5.74, 6) is -0.901. The molecule has 1 saturated carbocycles. The Labute approximate surface area is 157 Å². The van der Waals surface area contributed by atoms with Gasteiger partial charge in [0.25, 0.3) is 5.91 Å². The van der Waals surface area contributed by atoms with Crippen LogP contribution in [0.2, 0.25) is 0 Å². The van der Waals surface area contributed by atoms with Crippen LogP contribution in [0.5, 0.6) is 0 Å². The van der Waals surface area contributed by atoms with E-state index >= 15 is 0 Å². The number of hydrogen-bond donors (Lipinski definition) is 2. The number of carbonyl (C=O) groups excluding carboxylic acids is 2. The predicted octanol–water partition coefficient (Wildman–Crippen LogP) is 2.47. The molecular weight excluding hydrogens is 368 g/mol. The second-order valence-corrected chi connectivity index (χ2v) is 8.11. The van der Waals surface area contributed by atoms with Crippen molar-refractivity contribution in [2.45, 2.75) is 30.7 Å². The first-order valence-corrected chi connectivity index (χ1v) is 9.91. The summed E-state index contributed by atoms with van der Waals surface area (Å²) in [5, 5.41) is 2.73. The second-order valence-electron chi connectivity index (χ2n) is 6.40. The molecule has 142 valence electrons. The predicted molar refractivity (Wildman–Crippen MR) is 100 cm³/mol. The number of anilines is 1. The van der Waals surface area contributed by atoms with Gasteiger partial charge in [-0.05, 0) is 61.7 Å². The number of nitrogens with one attached hydrogen (secondary N) is 2. The molecular formula is C19H20N2O5S. The fraction of sp³-hybridized carbons (Fsp3) is 0.263. The Morgan fingerprint density at radius 3 is 2.26 bits per heavy atom. The highest BCUT2D eigenvalue weighted by atomic mass is 32.2. The lowest BCUT2D eigenvalue weighted by Gasteiger charge is -2.11. The molecule has 1 aliphatic carbocycles. The van der Waals surface area contributed by atoms with Crippen LogP contribution in [-0.4, -0.2) is 33.4 Å². The number of benzene rings is 2. The summed E-state index contributed by atoms with van der Waals surface area (Å²) < 4.78 is 31.6. The molecule has 1 amide bonds. The Bertz CT molecular complexity index is 980. The normalized spacial score (nSPS) is 13.9. The van der Waals surface area contributed by atoms with Crippen LogP contribution in [-0.2, 0) is 14.8 Å². The van der Waals surface area contributed by atoms with E-state index < -0.39 is 21.9 Å². The Balaban J connectivity index is 1.76. The van der Waals surface area contributed by atoms with Crippen molar-refractivity contribution in [3.63, 3.8) is 0 Å². The van der Waals surface area contributed by atoms with Crippen LogP contribution in [0.15, 0.2) is 47.4 Å². The minimum absolute atomic E-state index is 0.0167. The van der Waals surface area contributed by atoms with Gasteiger partial charge in [-0.1, -0.05) is 6.07 Å². The molecule has 0 atom stereocenters. The Kier molecular flexibility index (Phi) is 5.29. The molecule has 2 aromatic rings. The number of sulfonamides is 1. The molecule has 0 heterocycles. The quantitative estimate of drug-likeness (QED) is 0.740. The van der Waals surface area contributed by atoms with E-state index in [2.05, 4.69) is 14.8 Å². The average molecular weight is 388 g/mol. The van der Waals surface area contributed by atoms with E-state index in [0.717, 1.165) is 18.4 Å². The van der Waals surface area contributed by atoms with E-state index in [-0.39, 0.29) is 10.9 Å². The number of amides is 1. The van der Waals surface area contributed by atoms with Crippen LogP contribution in [0.25, 0.3) is 0 Å². The van der Waals surface area contributed by atoms with Crippen LogP contribution in [0.1, 0.15) is 39.1 Å². The summed E-state index contributed by atoms with van der Waals surface area (Å²) in [6.07, 6.45) is 1.70. The highest BCUT2D eigenvalue weighted by Gasteiger charge is 2.28. The lowest BCUT2D eigenvalue weighted by Crippen LogP contribution is -2.25. The van der Waals surface area contributed by atoms with Crippen molar-refractivity contribution in [1.29, 1.82) is 0 Å². The number of rotatable bonds is 6. The summed E-state index contributed by atoms with van der Waals surface area (Å²) in [7, 11) is -2.27. The maximum Gasteiger partial charge on any atom is 0.337 e. The van der Waals surface area contributed by atoms with E-state index in [9.17, 15) is 18.0 Å². The van der Waals surface area contributed by atoms with Gasteiger partial charge in [0.1, 0.15) is 0 Å². The van der Waals surface area contributed by atoms with Crippen molar-refractivity contribution in [2.75, 3.05) is 12.4 Å². The number of carbonyl (C=O) groups is 2. The van der Waals surface area contributed by atoms with Crippen LogP contribution in [0.4, 0.5) is 5.69 Å². The third kappa shape index (κ3) is 4.53. The monoisotopic (exact) mass is 388 g/mol. The number of methoxy groups -OCH3 is 1. The highest BCUT2D eigenvalue weighted by molar-refractivity contribution is 7.89. The van der Waals surface area contributed by atoms with E-state index in [1.807, 2.05) is 0 Å². The fourth-order valence-electron chi connectivity index (χ4n) is 2.47. The largest absolute Gasteiger partial charge is 0.465 e. The molecule has 0 unspecified atom stereocenters. The molecule has 0 bridgehead atoms. The van der Waals surface area contributed by atoms with Gasteiger partial charge >= 0.3 is 5.97 Å². The molecule has 0 aliphatic heterocycles. The van der Waals surface area contributed by atoms with Gasteiger partial charge < -0.3 is 10.1 Å². The lowest BCUT2D eigenvalue weighted by molar-refractivity contribution is 0.0600. The number of esters is 1. The van der Waals surface area contributed by atoms with Gasteiger partial charge in [-0.25, -0.2) is 17.9 Å². The number of ether oxygens (including phenoxy) is 1. The maximum absolute atomic E-state index is 12.5. The van der Waals surface area contributed by atoms with Crippen molar-refractivity contribution >= 4 is 27.6 Å².